The summed E-state index contributed by atoms with van der Waals surface area (Å²) >= 11 is 0. The molecule has 0 spiro atoms. The molecule has 8 nitrogen and oxygen atoms in total. The van der Waals surface area contributed by atoms with Gasteiger partial charge >= 0.3 is 0 Å². The van der Waals surface area contributed by atoms with Gasteiger partial charge in [-0.1, -0.05) is 30.3 Å². The molecule has 2 aromatic carbocycles. The molecular weight excluding hydrogens is 384 g/mol. The van der Waals surface area contributed by atoms with Crippen molar-refractivity contribution in [2.45, 2.75) is 6.92 Å². The van der Waals surface area contributed by atoms with Gasteiger partial charge in [-0.2, -0.15) is 0 Å². The number of benzene rings is 2. The summed E-state index contributed by atoms with van der Waals surface area (Å²) in [4.78, 5) is 27.8. The van der Waals surface area contributed by atoms with Crippen LogP contribution in [-0.2, 0) is 7.05 Å². The van der Waals surface area contributed by atoms with Crippen LogP contribution in [0.4, 0.5) is 11.4 Å². The van der Waals surface area contributed by atoms with E-state index in [4.69, 9.17) is 4.42 Å². The Morgan fingerprint density at radius 2 is 1.83 bits per heavy atom. The van der Waals surface area contributed by atoms with E-state index in [2.05, 4.69) is 4.99 Å². The molecule has 0 radical (unpaired) electrons. The molecule has 0 aliphatic carbocycles. The van der Waals surface area contributed by atoms with E-state index in [1.165, 1.54) is 18.3 Å². The van der Waals surface area contributed by atoms with E-state index < -0.39 is 4.92 Å². The Bertz CT molecular complexity index is 1310. The van der Waals surface area contributed by atoms with Crippen molar-refractivity contribution in [1.29, 1.82) is 0 Å². The van der Waals surface area contributed by atoms with E-state index in [0.29, 0.717) is 28.5 Å². The lowest BCUT2D eigenvalue weighted by atomic mass is 10.1. The SMILES string of the molecule is Cc1c(N=Cc2ccc(-c3cccc([N+](=O)[O-])c3)o2)c(=O)n(-c2ccccc2)n1C. The Hall–Kier alpha value is -4.20. The third-order valence-corrected chi connectivity index (χ3v) is 4.81. The van der Waals surface area contributed by atoms with Crippen LogP contribution in [0.2, 0.25) is 0 Å². The summed E-state index contributed by atoms with van der Waals surface area (Å²) in [5, 5.41) is 11.0. The van der Waals surface area contributed by atoms with Gasteiger partial charge in [-0.3, -0.25) is 19.6 Å². The fourth-order valence-electron chi connectivity index (χ4n) is 3.18. The Morgan fingerprint density at radius 3 is 2.57 bits per heavy atom. The number of non-ortho nitro benzene ring substituents is 1. The molecule has 4 aromatic rings. The van der Waals surface area contributed by atoms with Crippen molar-refractivity contribution < 1.29 is 9.34 Å². The van der Waals surface area contributed by atoms with Gasteiger partial charge in [-0.05, 0) is 31.2 Å². The largest absolute Gasteiger partial charge is 0.455 e. The number of nitro groups is 1. The van der Waals surface area contributed by atoms with Crippen molar-refractivity contribution in [3.05, 3.63) is 98.7 Å². The standard InChI is InChI=1S/C22H18N4O4/c1-15-21(22(27)25(24(15)2)17-8-4-3-5-9-17)23-14-19-11-12-20(30-19)16-7-6-10-18(13-16)26(28)29/h3-14H,1-2H3. The van der Waals surface area contributed by atoms with Gasteiger partial charge in [0.2, 0.25) is 0 Å². The lowest BCUT2D eigenvalue weighted by Crippen LogP contribution is -2.19. The molecule has 0 saturated carbocycles. The van der Waals surface area contributed by atoms with Crippen LogP contribution < -0.4 is 5.56 Å². The van der Waals surface area contributed by atoms with Crippen molar-refractivity contribution in [2.75, 3.05) is 0 Å². The summed E-state index contributed by atoms with van der Waals surface area (Å²) in [6.45, 7) is 1.82. The molecule has 2 aromatic heterocycles. The first-order valence-corrected chi connectivity index (χ1v) is 9.18. The highest BCUT2D eigenvalue weighted by Crippen LogP contribution is 2.25. The van der Waals surface area contributed by atoms with Gasteiger partial charge in [-0.15, -0.1) is 0 Å². The number of furan rings is 1. The van der Waals surface area contributed by atoms with Gasteiger partial charge in [0, 0.05) is 24.7 Å². The molecule has 30 heavy (non-hydrogen) atoms. The van der Waals surface area contributed by atoms with Crippen molar-refractivity contribution in [2.24, 2.45) is 12.0 Å². The van der Waals surface area contributed by atoms with Gasteiger partial charge in [0.15, 0.2) is 5.69 Å². The number of aliphatic imine (C=N–C) groups is 1. The van der Waals surface area contributed by atoms with Gasteiger partial charge < -0.3 is 4.42 Å². The molecule has 0 fully saturated rings. The summed E-state index contributed by atoms with van der Waals surface area (Å²) in [6.07, 6.45) is 1.47. The zero-order chi connectivity index (χ0) is 21.3. The predicted molar refractivity (Wildman–Crippen MR) is 114 cm³/mol. The molecule has 0 amide bonds. The minimum atomic E-state index is -0.454. The normalized spacial score (nSPS) is 11.3. The average Bonchev–Trinajstić information content (AvgIpc) is 3.31. The topological polar surface area (TPSA) is 95.6 Å². The quantitative estimate of drug-likeness (QED) is 0.281. The highest BCUT2D eigenvalue weighted by Gasteiger charge is 2.15. The molecular formula is C22H18N4O4. The average molecular weight is 402 g/mol. The Labute approximate surface area is 171 Å². The molecule has 8 heteroatoms. The van der Waals surface area contributed by atoms with E-state index in [0.717, 1.165) is 5.69 Å². The monoisotopic (exact) mass is 402 g/mol. The van der Waals surface area contributed by atoms with Crippen LogP contribution in [0.25, 0.3) is 17.0 Å². The zero-order valence-corrected chi connectivity index (χ0v) is 16.4. The summed E-state index contributed by atoms with van der Waals surface area (Å²) < 4.78 is 9.05. The number of nitrogens with zero attached hydrogens (tertiary/aromatic N) is 4. The van der Waals surface area contributed by atoms with Crippen LogP contribution in [-0.4, -0.2) is 20.5 Å². The maximum Gasteiger partial charge on any atom is 0.297 e. The summed E-state index contributed by atoms with van der Waals surface area (Å²) in [7, 11) is 1.80. The maximum absolute atomic E-state index is 12.9. The second-order valence-corrected chi connectivity index (χ2v) is 6.68. The lowest BCUT2D eigenvalue weighted by molar-refractivity contribution is -0.384. The van der Waals surface area contributed by atoms with Crippen LogP contribution in [0.5, 0.6) is 0 Å². The van der Waals surface area contributed by atoms with E-state index in [9.17, 15) is 14.9 Å². The molecule has 0 unspecified atom stereocenters. The molecule has 0 saturated heterocycles. The first-order valence-electron chi connectivity index (χ1n) is 9.18. The molecule has 0 N–H and O–H groups in total. The highest BCUT2D eigenvalue weighted by atomic mass is 16.6. The van der Waals surface area contributed by atoms with Gasteiger partial charge in [0.25, 0.3) is 11.2 Å². The van der Waals surface area contributed by atoms with Gasteiger partial charge in [-0.25, -0.2) is 9.67 Å². The highest BCUT2D eigenvalue weighted by molar-refractivity contribution is 5.80. The molecule has 0 bridgehead atoms. The smallest absolute Gasteiger partial charge is 0.297 e. The van der Waals surface area contributed by atoms with Crippen LogP contribution in [0.3, 0.4) is 0 Å². The molecule has 2 heterocycles. The molecule has 0 aliphatic rings. The summed E-state index contributed by atoms with van der Waals surface area (Å²) in [6, 6.07) is 18.9. The van der Waals surface area contributed by atoms with Crippen molar-refractivity contribution in [1.82, 2.24) is 9.36 Å². The lowest BCUT2D eigenvalue weighted by Gasteiger charge is -2.07. The van der Waals surface area contributed by atoms with Crippen LogP contribution in [0.15, 0.2) is 80.9 Å². The molecule has 150 valence electrons. The van der Waals surface area contributed by atoms with E-state index >= 15 is 0 Å². The van der Waals surface area contributed by atoms with Crippen molar-refractivity contribution in [3.63, 3.8) is 0 Å². The van der Waals surface area contributed by atoms with Gasteiger partial charge in [0.1, 0.15) is 11.5 Å². The van der Waals surface area contributed by atoms with Crippen molar-refractivity contribution in [3.8, 4) is 17.0 Å². The number of aromatic nitrogens is 2. The second-order valence-electron chi connectivity index (χ2n) is 6.68. The minimum absolute atomic E-state index is 0.0134. The number of rotatable bonds is 5. The number of hydrogen-bond donors (Lipinski definition) is 0. The van der Waals surface area contributed by atoms with Crippen LogP contribution in [0.1, 0.15) is 11.5 Å². The third-order valence-electron chi connectivity index (χ3n) is 4.81. The van der Waals surface area contributed by atoms with Crippen molar-refractivity contribution >= 4 is 17.6 Å². The number of para-hydroxylation sites is 1. The van der Waals surface area contributed by atoms with Crippen LogP contribution in [0, 0.1) is 17.0 Å². The fraction of sp³-hybridized carbons (Fsp3) is 0.0909. The Kier molecular flexibility index (Phi) is 4.89. The zero-order valence-electron chi connectivity index (χ0n) is 16.4. The maximum atomic E-state index is 12.9. The minimum Gasteiger partial charge on any atom is -0.455 e. The molecule has 4 rings (SSSR count). The Morgan fingerprint density at radius 1 is 1.07 bits per heavy atom. The number of hydrogen-bond acceptors (Lipinski definition) is 5. The first-order chi connectivity index (χ1) is 14.5. The summed E-state index contributed by atoms with van der Waals surface area (Å²) in [5.41, 5.74) is 2.12. The van der Waals surface area contributed by atoms with E-state index in [1.54, 1.807) is 40.7 Å². The molecule has 0 aliphatic heterocycles. The van der Waals surface area contributed by atoms with E-state index in [1.807, 2.05) is 37.3 Å². The second kappa shape index (κ2) is 7.67. The molecule has 0 atom stereocenters. The van der Waals surface area contributed by atoms with Gasteiger partial charge in [0.05, 0.1) is 22.5 Å². The van der Waals surface area contributed by atoms with E-state index in [-0.39, 0.29) is 11.2 Å². The fourth-order valence-corrected chi connectivity index (χ4v) is 3.18. The third kappa shape index (κ3) is 3.46. The summed E-state index contributed by atoms with van der Waals surface area (Å²) in [5.74, 6) is 0.914. The first kappa shape index (κ1) is 19.1. The predicted octanol–water partition coefficient (Wildman–Crippen LogP) is 4.40. The number of nitro benzene ring substituents is 1. The Balaban J connectivity index is 1.65. The van der Waals surface area contributed by atoms with Crippen LogP contribution >= 0.6 is 0 Å².